The summed E-state index contributed by atoms with van der Waals surface area (Å²) in [5.74, 6) is 1.23. The number of nitrogens with zero attached hydrogens (tertiary/aromatic N) is 3. The van der Waals surface area contributed by atoms with Gasteiger partial charge in [-0.1, -0.05) is 6.07 Å². The molecule has 2 aromatic rings. The Morgan fingerprint density at radius 1 is 1.07 bits per heavy atom. The summed E-state index contributed by atoms with van der Waals surface area (Å²) in [6.07, 6.45) is 6.68. The molecule has 29 heavy (non-hydrogen) atoms. The number of hydrogen-bond donors (Lipinski definition) is 1. The Labute approximate surface area is 171 Å². The summed E-state index contributed by atoms with van der Waals surface area (Å²) in [5, 5.41) is 6.63. The van der Waals surface area contributed by atoms with Crippen LogP contribution in [0.5, 0.6) is 5.75 Å². The quantitative estimate of drug-likeness (QED) is 0.862. The van der Waals surface area contributed by atoms with E-state index in [-0.39, 0.29) is 17.9 Å². The van der Waals surface area contributed by atoms with Crippen LogP contribution in [-0.4, -0.2) is 64.6 Å². The molecule has 0 unspecified atom stereocenters. The second kappa shape index (κ2) is 8.68. The molecule has 7 heteroatoms. The van der Waals surface area contributed by atoms with Crippen LogP contribution in [0.2, 0.25) is 0 Å². The van der Waals surface area contributed by atoms with Crippen molar-refractivity contribution >= 4 is 11.8 Å². The number of piperidine rings is 2. The summed E-state index contributed by atoms with van der Waals surface area (Å²) < 4.78 is 5.29. The van der Waals surface area contributed by atoms with Gasteiger partial charge in [0.05, 0.1) is 7.11 Å². The third-order valence-corrected chi connectivity index (χ3v) is 6.23. The van der Waals surface area contributed by atoms with Gasteiger partial charge in [-0.05, 0) is 62.3 Å². The maximum absolute atomic E-state index is 13.2. The van der Waals surface area contributed by atoms with Crippen molar-refractivity contribution in [3.05, 3.63) is 47.8 Å². The molecule has 1 atom stereocenters. The highest BCUT2D eigenvalue weighted by Crippen LogP contribution is 2.32. The van der Waals surface area contributed by atoms with Crippen molar-refractivity contribution in [1.29, 1.82) is 0 Å². The molecule has 2 aliphatic heterocycles. The minimum absolute atomic E-state index is 0.00825. The summed E-state index contributed by atoms with van der Waals surface area (Å²) in [4.78, 5) is 29.7. The van der Waals surface area contributed by atoms with Gasteiger partial charge in [-0.15, -0.1) is 0 Å². The van der Waals surface area contributed by atoms with E-state index in [4.69, 9.17) is 4.74 Å². The van der Waals surface area contributed by atoms with Crippen LogP contribution in [0.15, 0.2) is 36.5 Å². The number of hydrogen-bond acceptors (Lipinski definition) is 4. The van der Waals surface area contributed by atoms with Crippen LogP contribution in [0, 0.1) is 5.92 Å². The number of carbonyl (C=O) groups excluding carboxylic acids is 2. The van der Waals surface area contributed by atoms with Crippen LogP contribution in [0.3, 0.4) is 0 Å². The minimum atomic E-state index is 0.00825. The van der Waals surface area contributed by atoms with Crippen LogP contribution in [0.4, 0.5) is 0 Å². The predicted octanol–water partition coefficient (Wildman–Crippen LogP) is 2.97. The maximum Gasteiger partial charge on any atom is 0.271 e. The van der Waals surface area contributed by atoms with Crippen molar-refractivity contribution in [3.8, 4) is 5.75 Å². The number of rotatable bonds is 4. The number of ether oxygens (including phenoxy) is 1. The Bertz CT molecular complexity index is 844. The van der Waals surface area contributed by atoms with E-state index in [1.54, 1.807) is 19.4 Å². The van der Waals surface area contributed by atoms with Crippen LogP contribution in [0.1, 0.15) is 53.0 Å². The monoisotopic (exact) mass is 396 g/mol. The lowest BCUT2D eigenvalue weighted by molar-refractivity contribution is 0.0373. The third kappa shape index (κ3) is 4.13. The average molecular weight is 396 g/mol. The molecular weight excluding hydrogens is 368 g/mol. The van der Waals surface area contributed by atoms with E-state index in [1.807, 2.05) is 29.2 Å². The average Bonchev–Trinajstić information content (AvgIpc) is 3.33. The number of aromatic amines is 1. The van der Waals surface area contributed by atoms with Crippen molar-refractivity contribution in [2.75, 3.05) is 26.7 Å². The van der Waals surface area contributed by atoms with Gasteiger partial charge >= 0.3 is 0 Å². The van der Waals surface area contributed by atoms with E-state index in [1.165, 1.54) is 0 Å². The second-order valence-electron chi connectivity index (χ2n) is 7.89. The van der Waals surface area contributed by atoms with Crippen molar-refractivity contribution < 1.29 is 14.3 Å². The number of amides is 2. The van der Waals surface area contributed by atoms with E-state index >= 15 is 0 Å². The Morgan fingerprint density at radius 2 is 1.90 bits per heavy atom. The molecule has 2 fully saturated rings. The summed E-state index contributed by atoms with van der Waals surface area (Å²) in [6.45, 7) is 2.24. The predicted molar refractivity (Wildman–Crippen MR) is 109 cm³/mol. The van der Waals surface area contributed by atoms with Gasteiger partial charge in [-0.25, -0.2) is 0 Å². The molecule has 2 aliphatic rings. The maximum atomic E-state index is 13.2. The first-order valence-electron chi connectivity index (χ1n) is 10.4. The largest absolute Gasteiger partial charge is 0.497 e. The molecule has 0 spiro atoms. The third-order valence-electron chi connectivity index (χ3n) is 6.23. The Kier molecular flexibility index (Phi) is 5.83. The van der Waals surface area contributed by atoms with Crippen molar-refractivity contribution in [3.63, 3.8) is 0 Å². The fraction of sp³-hybridized carbons (Fsp3) is 0.500. The number of nitrogens with one attached hydrogen (secondary N) is 1. The minimum Gasteiger partial charge on any atom is -0.497 e. The molecule has 1 N–H and O–H groups in total. The van der Waals surface area contributed by atoms with Gasteiger partial charge in [0.15, 0.2) is 0 Å². The second-order valence-corrected chi connectivity index (χ2v) is 7.89. The Morgan fingerprint density at radius 3 is 2.62 bits per heavy atom. The van der Waals surface area contributed by atoms with E-state index in [9.17, 15) is 9.59 Å². The summed E-state index contributed by atoms with van der Waals surface area (Å²) in [6, 6.07) is 9.36. The first-order valence-corrected chi connectivity index (χ1v) is 10.4. The van der Waals surface area contributed by atoms with Gasteiger partial charge < -0.3 is 14.5 Å². The lowest BCUT2D eigenvalue weighted by Gasteiger charge is -2.43. The molecule has 7 nitrogen and oxygen atoms in total. The lowest BCUT2D eigenvalue weighted by atomic mass is 9.83. The van der Waals surface area contributed by atoms with Crippen molar-refractivity contribution in [2.24, 2.45) is 5.92 Å². The highest BCUT2D eigenvalue weighted by atomic mass is 16.5. The fourth-order valence-electron chi connectivity index (χ4n) is 4.65. The number of benzene rings is 1. The Balaban J connectivity index is 1.43. The summed E-state index contributed by atoms with van der Waals surface area (Å²) in [5.41, 5.74) is 1.22. The van der Waals surface area contributed by atoms with Gasteiger partial charge in [0.25, 0.3) is 11.8 Å². The van der Waals surface area contributed by atoms with E-state index in [2.05, 4.69) is 15.1 Å². The summed E-state index contributed by atoms with van der Waals surface area (Å²) >= 11 is 0. The molecule has 2 saturated heterocycles. The van der Waals surface area contributed by atoms with Crippen molar-refractivity contribution in [2.45, 2.75) is 38.1 Å². The SMILES string of the molecule is COc1cccc(C(=O)N2CCCC[C@@H]2C2CCN(C(=O)c3ccn[nH]3)CC2)c1. The number of likely N-dealkylation sites (tertiary alicyclic amines) is 2. The van der Waals surface area contributed by atoms with E-state index < -0.39 is 0 Å². The highest BCUT2D eigenvalue weighted by molar-refractivity contribution is 5.95. The molecule has 4 rings (SSSR count). The Hall–Kier alpha value is -2.83. The van der Waals surface area contributed by atoms with Gasteiger partial charge in [0, 0.05) is 37.4 Å². The summed E-state index contributed by atoms with van der Waals surface area (Å²) in [7, 11) is 1.62. The zero-order valence-electron chi connectivity index (χ0n) is 16.8. The van der Waals surface area contributed by atoms with Crippen LogP contribution >= 0.6 is 0 Å². The van der Waals surface area contributed by atoms with Crippen LogP contribution in [0.25, 0.3) is 0 Å². The first kappa shape index (κ1) is 19.5. The normalized spacial score (nSPS) is 20.5. The topological polar surface area (TPSA) is 78.5 Å². The van der Waals surface area contributed by atoms with E-state index in [0.29, 0.717) is 22.9 Å². The van der Waals surface area contributed by atoms with Gasteiger partial charge in [-0.2, -0.15) is 5.10 Å². The van der Waals surface area contributed by atoms with Crippen LogP contribution in [-0.2, 0) is 0 Å². The molecule has 2 amide bonds. The molecule has 1 aromatic heterocycles. The zero-order chi connectivity index (χ0) is 20.2. The standard InChI is InChI=1S/C22H28N4O3/c1-29-18-6-4-5-17(15-18)21(27)26-12-3-2-7-20(26)16-9-13-25(14-10-16)22(28)19-8-11-23-24-19/h4-6,8,11,15-16,20H,2-3,7,9-10,12-14H2,1H3,(H,23,24)/t20-/m1/s1. The number of aromatic nitrogens is 2. The molecule has 0 aliphatic carbocycles. The zero-order valence-corrected chi connectivity index (χ0v) is 16.8. The molecule has 0 radical (unpaired) electrons. The lowest BCUT2D eigenvalue weighted by Crippen LogP contribution is -2.51. The number of methoxy groups -OCH3 is 1. The molecule has 1 aromatic carbocycles. The molecular formula is C22H28N4O3. The highest BCUT2D eigenvalue weighted by Gasteiger charge is 2.36. The van der Waals surface area contributed by atoms with Gasteiger partial charge in [0.2, 0.25) is 0 Å². The molecule has 0 bridgehead atoms. The fourth-order valence-corrected chi connectivity index (χ4v) is 4.65. The molecule has 0 saturated carbocycles. The first-order chi connectivity index (χ1) is 14.2. The van der Waals surface area contributed by atoms with Crippen LogP contribution < -0.4 is 4.74 Å². The van der Waals surface area contributed by atoms with Gasteiger partial charge in [-0.3, -0.25) is 14.7 Å². The number of H-pyrrole nitrogens is 1. The molecule has 3 heterocycles. The molecule has 154 valence electrons. The van der Waals surface area contributed by atoms with E-state index in [0.717, 1.165) is 51.7 Å². The van der Waals surface area contributed by atoms with Gasteiger partial charge in [0.1, 0.15) is 11.4 Å². The van der Waals surface area contributed by atoms with Crippen molar-refractivity contribution in [1.82, 2.24) is 20.0 Å². The smallest absolute Gasteiger partial charge is 0.271 e. The number of carbonyl (C=O) groups is 2.